The number of hydrogen-bond donors (Lipinski definition) is 2. The maximum Gasteiger partial charge on any atom is 0.280 e. The van der Waals surface area contributed by atoms with E-state index >= 15 is 0 Å². The Kier molecular flexibility index (Phi) is 5.65. The molecule has 1 aliphatic rings. The predicted octanol–water partition coefficient (Wildman–Crippen LogP) is 1.75. The second kappa shape index (κ2) is 8.39. The van der Waals surface area contributed by atoms with Gasteiger partial charge in [-0.05, 0) is 55.5 Å². The maximum absolute atomic E-state index is 13.4. The number of benzene rings is 2. The van der Waals surface area contributed by atoms with Crippen molar-refractivity contribution in [2.45, 2.75) is 6.92 Å². The smallest absolute Gasteiger partial charge is 0.280 e. The van der Waals surface area contributed by atoms with Crippen LogP contribution in [0.5, 0.6) is 0 Å². The zero-order valence-electron chi connectivity index (χ0n) is 16.6. The molecule has 4 rings (SSSR count). The molecule has 0 saturated heterocycles. The van der Waals surface area contributed by atoms with Gasteiger partial charge in [-0.1, -0.05) is 11.6 Å². The van der Waals surface area contributed by atoms with Crippen molar-refractivity contribution in [2.24, 2.45) is 0 Å². The number of rotatable bonds is 5. The Morgan fingerprint density at radius 2 is 1.87 bits per heavy atom. The number of aromatic nitrogens is 2. The second-order valence-electron chi connectivity index (χ2n) is 7.14. The van der Waals surface area contributed by atoms with E-state index in [0.717, 1.165) is 11.8 Å². The average molecular weight is 445 g/mol. The Bertz CT molecular complexity index is 1330. The van der Waals surface area contributed by atoms with Crippen LogP contribution < -0.4 is 21.4 Å². The lowest BCUT2D eigenvalue weighted by molar-refractivity contribution is 0.0951. The number of nitrogens with zero attached hydrogens (tertiary/aromatic N) is 2. The minimum absolute atomic E-state index is 0.124. The third-order valence-electron chi connectivity index (χ3n) is 5.19. The van der Waals surface area contributed by atoms with Crippen molar-refractivity contribution in [1.82, 2.24) is 20.0 Å². The van der Waals surface area contributed by atoms with Crippen LogP contribution in [0.1, 0.15) is 17.3 Å². The van der Waals surface area contributed by atoms with Gasteiger partial charge in [0.15, 0.2) is 0 Å². The molecule has 31 heavy (non-hydrogen) atoms. The van der Waals surface area contributed by atoms with Crippen LogP contribution in [0.2, 0.25) is 5.02 Å². The monoisotopic (exact) mass is 444 g/mol. The zero-order chi connectivity index (χ0) is 22.1. The van der Waals surface area contributed by atoms with Crippen LogP contribution in [0.15, 0.2) is 47.3 Å². The van der Waals surface area contributed by atoms with Gasteiger partial charge in [0.2, 0.25) is 0 Å². The summed E-state index contributed by atoms with van der Waals surface area (Å²) < 4.78 is 27.7. The van der Waals surface area contributed by atoms with Gasteiger partial charge in [-0.15, -0.1) is 0 Å². The zero-order valence-corrected chi connectivity index (χ0v) is 17.3. The number of hydrogen-bond acceptors (Lipinski definition) is 3. The first-order valence-electron chi connectivity index (χ1n) is 9.61. The highest BCUT2D eigenvalue weighted by Gasteiger charge is 2.17. The van der Waals surface area contributed by atoms with E-state index in [1.54, 1.807) is 0 Å². The van der Waals surface area contributed by atoms with E-state index in [4.69, 9.17) is 11.6 Å². The van der Waals surface area contributed by atoms with Gasteiger partial charge in [0.05, 0.1) is 21.3 Å². The highest BCUT2D eigenvalue weighted by atomic mass is 35.5. The lowest BCUT2D eigenvalue weighted by Crippen LogP contribution is -2.46. The molecule has 9 heteroatoms. The van der Waals surface area contributed by atoms with Crippen molar-refractivity contribution in [3.63, 3.8) is 0 Å². The molecule has 0 unspecified atom stereocenters. The fourth-order valence-corrected chi connectivity index (χ4v) is 3.80. The number of nitrogens with one attached hydrogen (secondary N) is 2. The summed E-state index contributed by atoms with van der Waals surface area (Å²) in [6.07, 6.45) is 1.87. The number of carbonyl (C=O) groups excluding carboxylic acids is 1. The molecule has 2 N–H and O–H groups in total. The lowest BCUT2D eigenvalue weighted by atomic mass is 10.2. The summed E-state index contributed by atoms with van der Waals surface area (Å²) in [4.78, 5) is 27.2. The first-order valence-corrected chi connectivity index (χ1v) is 9.99. The van der Waals surface area contributed by atoms with Gasteiger partial charge in [0, 0.05) is 30.9 Å². The Morgan fingerprint density at radius 3 is 2.58 bits per heavy atom. The minimum atomic E-state index is -0.485. The van der Waals surface area contributed by atoms with Crippen LogP contribution in [-0.2, 0) is 0 Å². The van der Waals surface area contributed by atoms with Crippen LogP contribution in [0, 0.1) is 11.6 Å². The predicted molar refractivity (Wildman–Crippen MR) is 114 cm³/mol. The van der Waals surface area contributed by atoms with Gasteiger partial charge in [-0.25, -0.2) is 13.5 Å². The number of fused-ring (bicyclic) bond motifs is 1. The summed E-state index contributed by atoms with van der Waals surface area (Å²) in [5.41, 5.74) is 1.20. The molecule has 0 radical (unpaired) electrons. The van der Waals surface area contributed by atoms with Gasteiger partial charge in [0.25, 0.3) is 11.5 Å². The molecule has 0 bridgehead atoms. The molecule has 3 aromatic rings. The molecule has 160 valence electrons. The summed E-state index contributed by atoms with van der Waals surface area (Å²) in [5, 5.41) is 7.10. The van der Waals surface area contributed by atoms with Gasteiger partial charge in [-0.3, -0.25) is 14.7 Å². The molecule has 2 heterocycles. The molecule has 0 fully saturated rings. The Morgan fingerprint density at radius 1 is 1.16 bits per heavy atom. The van der Waals surface area contributed by atoms with E-state index < -0.39 is 11.6 Å². The minimum Gasteiger partial charge on any atom is -0.369 e. The Hall–Kier alpha value is -3.39. The fourth-order valence-electron chi connectivity index (χ4n) is 3.55. The van der Waals surface area contributed by atoms with Gasteiger partial charge in [-0.2, -0.15) is 0 Å². The third-order valence-corrected chi connectivity index (χ3v) is 5.50. The van der Waals surface area contributed by atoms with E-state index in [2.05, 4.69) is 10.4 Å². The van der Waals surface area contributed by atoms with E-state index in [1.807, 2.05) is 17.9 Å². The SMILES string of the molecule is CC1=c2c([nH]n(-c3ccc(F)cc3Cl)c2=O)=CCN1CCNC(=O)c1ccc(F)cc1. The fraction of sp³-hybridized carbons (Fsp3) is 0.182. The van der Waals surface area contributed by atoms with Gasteiger partial charge < -0.3 is 10.2 Å². The highest BCUT2D eigenvalue weighted by molar-refractivity contribution is 6.32. The molecule has 0 aliphatic carbocycles. The summed E-state index contributed by atoms with van der Waals surface area (Å²) in [6, 6.07) is 9.15. The Labute approximate surface area is 181 Å². The Balaban J connectivity index is 1.53. The molecule has 0 spiro atoms. The summed E-state index contributed by atoms with van der Waals surface area (Å²) >= 11 is 6.11. The van der Waals surface area contributed by atoms with Crippen molar-refractivity contribution in [3.05, 3.63) is 85.6 Å². The van der Waals surface area contributed by atoms with Crippen LogP contribution in [0.4, 0.5) is 8.78 Å². The molecule has 1 aromatic heterocycles. The van der Waals surface area contributed by atoms with Gasteiger partial charge in [0.1, 0.15) is 11.6 Å². The number of halogens is 3. The van der Waals surface area contributed by atoms with Gasteiger partial charge >= 0.3 is 0 Å². The van der Waals surface area contributed by atoms with E-state index in [1.165, 1.54) is 41.1 Å². The largest absolute Gasteiger partial charge is 0.369 e. The topological polar surface area (TPSA) is 70.1 Å². The number of H-pyrrole nitrogens is 1. The normalized spacial score (nSPS) is 13.0. The molecule has 6 nitrogen and oxygen atoms in total. The number of carbonyl (C=O) groups is 1. The molecule has 0 saturated carbocycles. The van der Waals surface area contributed by atoms with E-state index in [0.29, 0.717) is 41.5 Å². The highest BCUT2D eigenvalue weighted by Crippen LogP contribution is 2.19. The molecular formula is C22H19ClF2N4O2. The summed E-state index contributed by atoms with van der Waals surface area (Å²) in [5.74, 6) is -1.18. The van der Waals surface area contributed by atoms with Crippen LogP contribution >= 0.6 is 11.6 Å². The third kappa shape index (κ3) is 4.11. The number of amides is 1. The first kappa shape index (κ1) is 20.9. The van der Waals surface area contributed by atoms with Crippen LogP contribution in [-0.4, -0.2) is 40.2 Å². The van der Waals surface area contributed by atoms with Crippen molar-refractivity contribution in [3.8, 4) is 5.69 Å². The van der Waals surface area contributed by atoms with Crippen LogP contribution in [0.25, 0.3) is 17.5 Å². The average Bonchev–Trinajstić information content (AvgIpc) is 3.07. The molecule has 1 aliphatic heterocycles. The first-order chi connectivity index (χ1) is 14.8. The molecule has 2 aromatic carbocycles. The van der Waals surface area contributed by atoms with Crippen molar-refractivity contribution in [1.29, 1.82) is 0 Å². The molecule has 1 amide bonds. The van der Waals surface area contributed by atoms with Crippen LogP contribution in [0.3, 0.4) is 0 Å². The van der Waals surface area contributed by atoms with Crippen molar-refractivity contribution in [2.75, 3.05) is 19.6 Å². The van der Waals surface area contributed by atoms with E-state index in [9.17, 15) is 18.4 Å². The summed E-state index contributed by atoms with van der Waals surface area (Å²) in [7, 11) is 0. The van der Waals surface area contributed by atoms with Crippen molar-refractivity contribution >= 4 is 29.3 Å². The molecular weight excluding hydrogens is 426 g/mol. The second-order valence-corrected chi connectivity index (χ2v) is 7.54. The molecule has 0 atom stereocenters. The summed E-state index contributed by atoms with van der Waals surface area (Å²) in [6.45, 7) is 3.21. The van der Waals surface area contributed by atoms with Crippen molar-refractivity contribution < 1.29 is 13.6 Å². The lowest BCUT2D eigenvalue weighted by Gasteiger charge is -2.25. The maximum atomic E-state index is 13.4. The standard InChI is InChI=1S/C22H19ClF2N4O2/c1-13-20-18(27-29(22(20)31)19-7-6-16(25)12-17(19)23)8-10-28(13)11-9-26-21(30)14-2-4-15(24)5-3-14/h2-8,12,27H,9-11H2,1H3,(H,26,30). The number of aromatic amines is 1. The quantitative estimate of drug-likeness (QED) is 0.630. The van der Waals surface area contributed by atoms with E-state index in [-0.39, 0.29) is 16.5 Å².